The molecule has 1 heterocycles. The summed E-state index contributed by atoms with van der Waals surface area (Å²) < 4.78 is 5.09. The Balaban J connectivity index is 1.89. The number of carbonyl (C=O) groups excluding carboxylic acids is 2. The van der Waals surface area contributed by atoms with E-state index in [2.05, 4.69) is 10.6 Å². The van der Waals surface area contributed by atoms with E-state index in [0.717, 1.165) is 16.8 Å². The first-order valence-corrected chi connectivity index (χ1v) is 6.40. The summed E-state index contributed by atoms with van der Waals surface area (Å²) in [6.07, 6.45) is 0.615. The van der Waals surface area contributed by atoms with Gasteiger partial charge in [-0.2, -0.15) is 0 Å². The summed E-state index contributed by atoms with van der Waals surface area (Å²) in [7, 11) is 0. The number of nitrogens with one attached hydrogen (secondary N) is 2. The third kappa shape index (κ3) is 3.47. The Labute approximate surface area is 112 Å². The minimum atomic E-state index is -0.406. The lowest BCUT2D eigenvalue weighted by atomic mass is 10.0. The predicted octanol–water partition coefficient (Wildman–Crippen LogP) is 1.86. The molecule has 0 fully saturated rings. The van der Waals surface area contributed by atoms with Crippen molar-refractivity contribution in [2.45, 2.75) is 32.7 Å². The lowest BCUT2D eigenvalue weighted by Crippen LogP contribution is -2.31. The van der Waals surface area contributed by atoms with Crippen molar-refractivity contribution in [3.63, 3.8) is 0 Å². The molecule has 0 saturated carbocycles. The number of anilines is 1. The van der Waals surface area contributed by atoms with E-state index in [1.165, 1.54) is 0 Å². The Morgan fingerprint density at radius 2 is 2.26 bits per heavy atom. The number of amides is 2. The summed E-state index contributed by atoms with van der Waals surface area (Å²) in [6.45, 7) is 4.06. The summed E-state index contributed by atoms with van der Waals surface area (Å²) in [4.78, 5) is 22.7. The first-order valence-electron chi connectivity index (χ1n) is 6.40. The third-order valence-electron chi connectivity index (χ3n) is 2.90. The van der Waals surface area contributed by atoms with Gasteiger partial charge in [-0.1, -0.05) is 12.1 Å². The number of hydrogen-bond donors (Lipinski definition) is 2. The van der Waals surface area contributed by atoms with Crippen LogP contribution in [0.5, 0.6) is 0 Å². The van der Waals surface area contributed by atoms with Crippen LogP contribution in [0.25, 0.3) is 0 Å². The van der Waals surface area contributed by atoms with Gasteiger partial charge in [-0.05, 0) is 31.0 Å². The van der Waals surface area contributed by atoms with Gasteiger partial charge in [0.25, 0.3) is 0 Å². The molecule has 0 bridgehead atoms. The summed E-state index contributed by atoms with van der Waals surface area (Å²) in [5.41, 5.74) is 2.93. The Morgan fingerprint density at radius 1 is 1.47 bits per heavy atom. The number of benzene rings is 1. The van der Waals surface area contributed by atoms with Gasteiger partial charge >= 0.3 is 6.09 Å². The topological polar surface area (TPSA) is 67.4 Å². The number of fused-ring (bicyclic) bond motifs is 1. The monoisotopic (exact) mass is 262 g/mol. The molecule has 1 aliphatic rings. The summed E-state index contributed by atoms with van der Waals surface area (Å²) in [5, 5.41) is 5.46. The molecular formula is C14H18N2O3. The fourth-order valence-corrected chi connectivity index (χ4v) is 2.08. The first kappa shape index (κ1) is 13.4. The molecule has 1 aromatic rings. The molecule has 2 N–H and O–H groups in total. The van der Waals surface area contributed by atoms with Crippen LogP contribution in [-0.2, 0) is 22.4 Å². The van der Waals surface area contributed by atoms with Gasteiger partial charge in [-0.15, -0.1) is 0 Å². The molecule has 2 amide bonds. The number of carbonyl (C=O) groups is 2. The van der Waals surface area contributed by atoms with Crippen molar-refractivity contribution in [2.24, 2.45) is 0 Å². The number of ether oxygens (including phenoxy) is 1. The van der Waals surface area contributed by atoms with E-state index in [0.29, 0.717) is 19.4 Å². The quantitative estimate of drug-likeness (QED) is 0.870. The van der Waals surface area contributed by atoms with Crippen LogP contribution in [-0.4, -0.2) is 24.6 Å². The van der Waals surface area contributed by atoms with E-state index in [9.17, 15) is 9.59 Å². The van der Waals surface area contributed by atoms with E-state index >= 15 is 0 Å². The zero-order chi connectivity index (χ0) is 13.8. The lowest BCUT2D eigenvalue weighted by Gasteiger charge is -2.10. The average Bonchev–Trinajstić information content (AvgIpc) is 2.69. The smallest absolute Gasteiger partial charge is 0.407 e. The van der Waals surface area contributed by atoms with Crippen molar-refractivity contribution in [3.05, 3.63) is 29.3 Å². The minimum Gasteiger partial charge on any atom is -0.449 e. The Hall–Kier alpha value is -2.04. The molecule has 0 spiro atoms. The predicted molar refractivity (Wildman–Crippen MR) is 72.1 cm³/mol. The number of alkyl carbamates (subject to hydrolysis) is 1. The molecular weight excluding hydrogens is 244 g/mol. The van der Waals surface area contributed by atoms with Crippen molar-refractivity contribution >= 4 is 17.7 Å². The van der Waals surface area contributed by atoms with Crippen molar-refractivity contribution in [2.75, 3.05) is 11.9 Å². The highest BCUT2D eigenvalue weighted by atomic mass is 16.5. The maximum atomic E-state index is 11.3. The molecule has 1 aromatic carbocycles. The normalized spacial score (nSPS) is 13.1. The average molecular weight is 262 g/mol. The summed E-state index contributed by atoms with van der Waals surface area (Å²) in [5.74, 6) is 0.0147. The highest BCUT2D eigenvalue weighted by Crippen LogP contribution is 2.26. The molecule has 0 atom stereocenters. The van der Waals surface area contributed by atoms with Crippen LogP contribution in [0.1, 0.15) is 25.0 Å². The molecule has 0 saturated heterocycles. The van der Waals surface area contributed by atoms with Crippen molar-refractivity contribution in [1.82, 2.24) is 5.32 Å². The second kappa shape index (κ2) is 5.73. The zero-order valence-corrected chi connectivity index (χ0v) is 11.2. The number of hydrogen-bond acceptors (Lipinski definition) is 3. The first-order chi connectivity index (χ1) is 9.06. The van der Waals surface area contributed by atoms with Gasteiger partial charge in [0.2, 0.25) is 5.91 Å². The molecule has 0 unspecified atom stereocenters. The van der Waals surface area contributed by atoms with E-state index in [1.54, 1.807) is 0 Å². The maximum absolute atomic E-state index is 11.3. The molecule has 0 radical (unpaired) electrons. The molecule has 1 aliphatic heterocycles. The Kier molecular flexibility index (Phi) is 4.04. The van der Waals surface area contributed by atoms with Crippen LogP contribution in [0.3, 0.4) is 0 Å². The van der Waals surface area contributed by atoms with Gasteiger partial charge in [-0.25, -0.2) is 4.79 Å². The third-order valence-corrected chi connectivity index (χ3v) is 2.90. The van der Waals surface area contributed by atoms with Crippen LogP contribution in [0.2, 0.25) is 0 Å². The van der Waals surface area contributed by atoms with Crippen LogP contribution in [0.4, 0.5) is 10.5 Å². The molecule has 0 aromatic heterocycles. The van der Waals surface area contributed by atoms with Gasteiger partial charge in [0, 0.05) is 18.2 Å². The fourth-order valence-electron chi connectivity index (χ4n) is 2.08. The second-order valence-corrected chi connectivity index (χ2v) is 4.85. The maximum Gasteiger partial charge on any atom is 0.407 e. The van der Waals surface area contributed by atoms with Crippen molar-refractivity contribution in [1.29, 1.82) is 0 Å². The molecule has 5 nitrogen and oxygen atoms in total. The SMILES string of the molecule is CC(C)NC(=O)OCCc1cccc2c1CC(=O)N2. The van der Waals surface area contributed by atoms with Crippen molar-refractivity contribution in [3.8, 4) is 0 Å². The largest absolute Gasteiger partial charge is 0.449 e. The minimum absolute atomic E-state index is 0.0147. The van der Waals surface area contributed by atoms with Gasteiger partial charge in [0.15, 0.2) is 0 Å². The fraction of sp³-hybridized carbons (Fsp3) is 0.429. The van der Waals surface area contributed by atoms with Gasteiger partial charge in [0.05, 0.1) is 13.0 Å². The van der Waals surface area contributed by atoms with E-state index in [-0.39, 0.29) is 11.9 Å². The lowest BCUT2D eigenvalue weighted by molar-refractivity contribution is -0.115. The van der Waals surface area contributed by atoms with E-state index in [1.807, 2.05) is 32.0 Å². The molecule has 5 heteroatoms. The number of rotatable bonds is 4. The molecule has 102 valence electrons. The summed E-state index contributed by atoms with van der Waals surface area (Å²) in [6, 6.07) is 5.81. The highest BCUT2D eigenvalue weighted by Gasteiger charge is 2.20. The van der Waals surface area contributed by atoms with Crippen molar-refractivity contribution < 1.29 is 14.3 Å². The molecule has 2 rings (SSSR count). The standard InChI is InChI=1S/C14H18N2O3/c1-9(2)15-14(18)19-7-6-10-4-3-5-12-11(10)8-13(17)16-12/h3-5,9H,6-8H2,1-2H3,(H,15,18)(H,16,17). The molecule has 0 aliphatic carbocycles. The zero-order valence-electron chi connectivity index (χ0n) is 11.2. The second-order valence-electron chi connectivity index (χ2n) is 4.85. The van der Waals surface area contributed by atoms with Crippen LogP contribution in [0.15, 0.2) is 18.2 Å². The van der Waals surface area contributed by atoms with Crippen LogP contribution >= 0.6 is 0 Å². The van der Waals surface area contributed by atoms with Gasteiger partial charge in [0.1, 0.15) is 0 Å². The summed E-state index contributed by atoms with van der Waals surface area (Å²) >= 11 is 0. The van der Waals surface area contributed by atoms with Gasteiger partial charge < -0.3 is 15.4 Å². The molecule has 19 heavy (non-hydrogen) atoms. The Bertz CT molecular complexity index is 497. The van der Waals surface area contributed by atoms with E-state index in [4.69, 9.17) is 4.74 Å². The van der Waals surface area contributed by atoms with E-state index < -0.39 is 6.09 Å². The van der Waals surface area contributed by atoms with Crippen LogP contribution in [0, 0.1) is 0 Å². The van der Waals surface area contributed by atoms with Crippen LogP contribution < -0.4 is 10.6 Å². The Morgan fingerprint density at radius 3 is 3.00 bits per heavy atom. The highest BCUT2D eigenvalue weighted by molar-refractivity contribution is 5.99. The van der Waals surface area contributed by atoms with Gasteiger partial charge in [-0.3, -0.25) is 4.79 Å².